The van der Waals surface area contributed by atoms with Crippen LogP contribution in [0.2, 0.25) is 0 Å². The SMILES string of the molecule is COC(=O)c1c(C)oc2c1cc(NS(=O)(=O)c1cc(C)c(C)cc1C)c1ccccc12. The van der Waals surface area contributed by atoms with Gasteiger partial charge in [-0.25, -0.2) is 13.2 Å². The Bertz CT molecular complexity index is 1460. The van der Waals surface area contributed by atoms with Gasteiger partial charge < -0.3 is 9.15 Å². The van der Waals surface area contributed by atoms with Crippen LogP contribution in [0.25, 0.3) is 21.7 Å². The first-order valence-corrected chi connectivity index (χ1v) is 11.3. The second-order valence-electron chi connectivity index (χ2n) is 7.68. The Hall–Kier alpha value is -3.32. The van der Waals surface area contributed by atoms with E-state index in [-0.39, 0.29) is 10.5 Å². The van der Waals surface area contributed by atoms with Gasteiger partial charge in [0.1, 0.15) is 16.9 Å². The molecule has 0 spiro atoms. The number of nitrogens with one attached hydrogen (secondary N) is 1. The molecule has 1 heterocycles. The summed E-state index contributed by atoms with van der Waals surface area (Å²) in [6.45, 7) is 7.29. The maximum Gasteiger partial charge on any atom is 0.342 e. The molecule has 0 saturated carbocycles. The van der Waals surface area contributed by atoms with Gasteiger partial charge in [-0.15, -0.1) is 0 Å². The molecular weight excluding hydrogens is 414 g/mol. The molecule has 0 aliphatic heterocycles. The zero-order valence-electron chi connectivity index (χ0n) is 18.0. The number of ether oxygens (including phenoxy) is 1. The van der Waals surface area contributed by atoms with Crippen LogP contribution < -0.4 is 4.72 Å². The lowest BCUT2D eigenvalue weighted by molar-refractivity contribution is 0.0600. The van der Waals surface area contributed by atoms with Crippen molar-refractivity contribution in [1.29, 1.82) is 0 Å². The molecule has 31 heavy (non-hydrogen) atoms. The molecule has 0 amide bonds. The Morgan fingerprint density at radius 3 is 2.23 bits per heavy atom. The van der Waals surface area contributed by atoms with Gasteiger partial charge >= 0.3 is 5.97 Å². The number of anilines is 1. The number of carbonyl (C=O) groups is 1. The van der Waals surface area contributed by atoms with Crippen LogP contribution in [0.3, 0.4) is 0 Å². The number of aryl methyl sites for hydroxylation is 4. The number of furan rings is 1. The van der Waals surface area contributed by atoms with Crippen molar-refractivity contribution in [2.45, 2.75) is 32.6 Å². The number of rotatable bonds is 4. The Balaban J connectivity index is 1.97. The van der Waals surface area contributed by atoms with Crippen LogP contribution in [-0.4, -0.2) is 21.5 Å². The Kier molecular flexibility index (Phi) is 5.01. The molecule has 1 N–H and O–H groups in total. The normalized spacial score (nSPS) is 11.8. The second kappa shape index (κ2) is 7.42. The molecule has 0 bridgehead atoms. The van der Waals surface area contributed by atoms with Gasteiger partial charge in [-0.3, -0.25) is 4.72 Å². The molecule has 6 nitrogen and oxygen atoms in total. The maximum absolute atomic E-state index is 13.3. The van der Waals surface area contributed by atoms with Crippen LogP contribution in [0.5, 0.6) is 0 Å². The van der Waals surface area contributed by atoms with Crippen molar-refractivity contribution in [3.05, 3.63) is 70.5 Å². The van der Waals surface area contributed by atoms with E-state index in [0.29, 0.717) is 38.8 Å². The summed E-state index contributed by atoms with van der Waals surface area (Å²) in [5.74, 6) is -0.123. The van der Waals surface area contributed by atoms with Crippen molar-refractivity contribution in [3.63, 3.8) is 0 Å². The van der Waals surface area contributed by atoms with Gasteiger partial charge in [0.2, 0.25) is 0 Å². The van der Waals surface area contributed by atoms with E-state index in [1.165, 1.54) is 7.11 Å². The Labute approximate surface area is 180 Å². The van der Waals surface area contributed by atoms with Gasteiger partial charge in [0.25, 0.3) is 10.0 Å². The minimum absolute atomic E-state index is 0.219. The highest BCUT2D eigenvalue weighted by molar-refractivity contribution is 7.92. The van der Waals surface area contributed by atoms with E-state index in [0.717, 1.165) is 11.1 Å². The first kappa shape index (κ1) is 20.9. The molecule has 0 aliphatic rings. The zero-order chi connectivity index (χ0) is 22.5. The van der Waals surface area contributed by atoms with Gasteiger partial charge in [0.05, 0.1) is 17.7 Å². The molecule has 1 aromatic heterocycles. The standard InChI is InChI=1S/C24H23NO5S/c1-13-10-15(3)21(11-14(13)2)31(27,28)25-20-12-19-22(24(26)29-5)16(4)30-23(19)18-9-7-6-8-17(18)20/h6-12,25H,1-5H3. The number of carbonyl (C=O) groups excluding carboxylic acids is 1. The predicted octanol–water partition coefficient (Wildman–Crippen LogP) is 5.41. The third-order valence-electron chi connectivity index (χ3n) is 5.59. The number of methoxy groups -OCH3 is 1. The van der Waals surface area contributed by atoms with Crippen molar-refractivity contribution < 1.29 is 22.4 Å². The number of hydrogen-bond donors (Lipinski definition) is 1. The molecule has 0 radical (unpaired) electrons. The van der Waals surface area contributed by atoms with E-state index in [1.807, 2.05) is 44.2 Å². The lowest BCUT2D eigenvalue weighted by Gasteiger charge is -2.14. The molecule has 0 unspecified atom stereocenters. The fourth-order valence-electron chi connectivity index (χ4n) is 3.90. The van der Waals surface area contributed by atoms with Gasteiger partial charge in [0.15, 0.2) is 0 Å². The number of fused-ring (bicyclic) bond motifs is 3. The monoisotopic (exact) mass is 437 g/mol. The molecule has 160 valence electrons. The highest BCUT2D eigenvalue weighted by Crippen LogP contribution is 2.38. The first-order chi connectivity index (χ1) is 14.6. The third kappa shape index (κ3) is 3.45. The number of sulfonamides is 1. The summed E-state index contributed by atoms with van der Waals surface area (Å²) >= 11 is 0. The fourth-order valence-corrected chi connectivity index (χ4v) is 5.28. The van der Waals surface area contributed by atoms with Crippen LogP contribution in [0.1, 0.15) is 32.8 Å². The minimum atomic E-state index is -3.87. The van der Waals surface area contributed by atoms with Gasteiger partial charge in [-0.1, -0.05) is 30.3 Å². The third-order valence-corrected chi connectivity index (χ3v) is 7.09. The smallest absolute Gasteiger partial charge is 0.342 e. The molecule has 0 aliphatic carbocycles. The Morgan fingerprint density at radius 1 is 0.903 bits per heavy atom. The van der Waals surface area contributed by atoms with Crippen LogP contribution >= 0.6 is 0 Å². The van der Waals surface area contributed by atoms with E-state index >= 15 is 0 Å². The topological polar surface area (TPSA) is 85.6 Å². The second-order valence-corrected chi connectivity index (χ2v) is 9.33. The maximum atomic E-state index is 13.3. The van der Waals surface area contributed by atoms with Crippen molar-refractivity contribution in [1.82, 2.24) is 0 Å². The summed E-state index contributed by atoms with van der Waals surface area (Å²) in [5.41, 5.74) is 3.75. The number of hydrogen-bond acceptors (Lipinski definition) is 5. The Morgan fingerprint density at radius 2 is 1.55 bits per heavy atom. The number of benzene rings is 3. The van der Waals surface area contributed by atoms with Crippen molar-refractivity contribution in [2.75, 3.05) is 11.8 Å². The van der Waals surface area contributed by atoms with E-state index in [1.54, 1.807) is 26.0 Å². The minimum Gasteiger partial charge on any atom is -0.465 e. The van der Waals surface area contributed by atoms with Crippen LogP contribution in [-0.2, 0) is 14.8 Å². The zero-order valence-corrected chi connectivity index (χ0v) is 18.8. The molecule has 0 saturated heterocycles. The molecule has 0 atom stereocenters. The van der Waals surface area contributed by atoms with Crippen molar-refractivity contribution in [2.24, 2.45) is 0 Å². The van der Waals surface area contributed by atoms with E-state index in [4.69, 9.17) is 9.15 Å². The summed E-state index contributed by atoms with van der Waals surface area (Å²) in [6.07, 6.45) is 0. The highest BCUT2D eigenvalue weighted by Gasteiger charge is 2.24. The summed E-state index contributed by atoms with van der Waals surface area (Å²) in [4.78, 5) is 12.6. The van der Waals surface area contributed by atoms with Crippen molar-refractivity contribution >= 4 is 43.4 Å². The average molecular weight is 438 g/mol. The summed E-state index contributed by atoms with van der Waals surface area (Å²) in [5, 5.41) is 1.87. The van der Waals surface area contributed by atoms with E-state index in [2.05, 4.69) is 4.72 Å². The molecule has 0 fully saturated rings. The van der Waals surface area contributed by atoms with Gasteiger partial charge in [-0.05, 0) is 56.5 Å². The first-order valence-electron chi connectivity index (χ1n) is 9.78. The quantitative estimate of drug-likeness (QED) is 0.432. The van der Waals surface area contributed by atoms with Crippen molar-refractivity contribution in [3.8, 4) is 0 Å². The molecule has 7 heteroatoms. The van der Waals surface area contributed by atoms with E-state index < -0.39 is 16.0 Å². The average Bonchev–Trinajstić information content (AvgIpc) is 3.06. The van der Waals surface area contributed by atoms with Crippen LogP contribution in [0.4, 0.5) is 5.69 Å². The molecule has 3 aromatic carbocycles. The largest absolute Gasteiger partial charge is 0.465 e. The van der Waals surface area contributed by atoms with E-state index in [9.17, 15) is 13.2 Å². The highest BCUT2D eigenvalue weighted by atomic mass is 32.2. The lowest BCUT2D eigenvalue weighted by atomic mass is 10.0. The lowest BCUT2D eigenvalue weighted by Crippen LogP contribution is -2.15. The molecular formula is C24H23NO5S. The van der Waals surface area contributed by atoms with Crippen LogP contribution in [0, 0.1) is 27.7 Å². The van der Waals surface area contributed by atoms with Gasteiger partial charge in [-0.2, -0.15) is 0 Å². The van der Waals surface area contributed by atoms with Crippen LogP contribution in [0.15, 0.2) is 51.8 Å². The summed E-state index contributed by atoms with van der Waals surface area (Å²) < 4.78 is 40.2. The fraction of sp³-hybridized carbons (Fsp3) is 0.208. The van der Waals surface area contributed by atoms with Gasteiger partial charge in [0, 0.05) is 16.2 Å². The number of esters is 1. The molecule has 4 rings (SSSR count). The molecule has 4 aromatic rings. The summed E-state index contributed by atoms with van der Waals surface area (Å²) in [7, 11) is -2.57. The summed E-state index contributed by atoms with van der Waals surface area (Å²) in [6, 6.07) is 12.5. The predicted molar refractivity (Wildman–Crippen MR) is 121 cm³/mol.